The highest BCUT2D eigenvalue weighted by atomic mass is 19.3. The lowest BCUT2D eigenvalue weighted by molar-refractivity contribution is 0.0635. The molecule has 1 aromatic heterocycles. The van der Waals surface area contributed by atoms with Crippen LogP contribution in [-0.4, -0.2) is 26.8 Å². The van der Waals surface area contributed by atoms with E-state index in [0.29, 0.717) is 0 Å². The minimum atomic E-state index is -2.91. The lowest BCUT2D eigenvalue weighted by Crippen LogP contribution is -2.41. The molecule has 0 radical (unpaired) electrons. The van der Waals surface area contributed by atoms with Gasteiger partial charge in [-0.2, -0.15) is 0 Å². The van der Waals surface area contributed by atoms with Crippen LogP contribution in [0.5, 0.6) is 0 Å². The molecule has 1 aromatic carbocycles. The summed E-state index contributed by atoms with van der Waals surface area (Å²) < 4.78 is 48.4. The van der Waals surface area contributed by atoms with Gasteiger partial charge in [0, 0.05) is 31.0 Å². The van der Waals surface area contributed by atoms with Gasteiger partial charge in [-0.1, -0.05) is 0 Å². The number of nitrogens with zero attached hydrogens (tertiary/aromatic N) is 2. The first-order valence-electron chi connectivity index (χ1n) is 9.57. The Labute approximate surface area is 170 Å². The van der Waals surface area contributed by atoms with E-state index in [9.17, 15) is 27.6 Å². The van der Waals surface area contributed by atoms with E-state index in [4.69, 9.17) is 4.74 Å². The number of carbonyl (C=O) groups excluding carboxylic acids is 1. The van der Waals surface area contributed by atoms with Gasteiger partial charge < -0.3 is 4.74 Å². The Morgan fingerprint density at radius 2 is 1.90 bits per heavy atom. The summed E-state index contributed by atoms with van der Waals surface area (Å²) in [4.78, 5) is 37.7. The molecule has 2 aromatic rings. The lowest BCUT2D eigenvalue weighted by Gasteiger charge is -2.20. The second-order valence-corrected chi connectivity index (χ2v) is 8.80. The van der Waals surface area contributed by atoms with Crippen LogP contribution in [0, 0.1) is 11.7 Å². The molecule has 0 spiro atoms. The highest BCUT2D eigenvalue weighted by Gasteiger charge is 2.57. The summed E-state index contributed by atoms with van der Waals surface area (Å²) in [6.07, 6.45) is -1.32. The van der Waals surface area contributed by atoms with Crippen LogP contribution in [0.3, 0.4) is 0 Å². The molecule has 1 amide bonds. The fourth-order valence-electron chi connectivity index (χ4n) is 3.26. The molecule has 1 unspecified atom stereocenters. The number of benzene rings is 1. The number of ether oxygens (including phenoxy) is 1. The normalized spacial score (nSPS) is 18.0. The highest BCUT2D eigenvalue weighted by molar-refractivity contribution is 5.90. The topological polar surface area (TPSA) is 82.3 Å². The third kappa shape index (κ3) is 4.22. The van der Waals surface area contributed by atoms with Crippen molar-refractivity contribution >= 4 is 22.7 Å². The molecule has 1 aliphatic carbocycles. The fraction of sp³-hybridized carbons (Fsp3) is 0.550. The average molecular weight is 427 g/mol. The third-order valence-electron chi connectivity index (χ3n) is 4.77. The van der Waals surface area contributed by atoms with Crippen LogP contribution in [0.2, 0.25) is 0 Å². The number of alkyl halides is 2. The summed E-state index contributed by atoms with van der Waals surface area (Å²) in [6, 6.07) is 1.60. The van der Waals surface area contributed by atoms with Gasteiger partial charge in [0.15, 0.2) is 0 Å². The van der Waals surface area contributed by atoms with E-state index in [-0.39, 0.29) is 16.6 Å². The van der Waals surface area contributed by atoms with Crippen LogP contribution in [-0.2, 0) is 11.3 Å². The van der Waals surface area contributed by atoms with Crippen LogP contribution in [0.25, 0.3) is 10.9 Å². The van der Waals surface area contributed by atoms with Crippen molar-refractivity contribution in [1.29, 1.82) is 0 Å². The Hall–Kier alpha value is -2.78. The molecule has 164 valence electrons. The van der Waals surface area contributed by atoms with Gasteiger partial charge in [0.2, 0.25) is 0 Å². The van der Waals surface area contributed by atoms with Crippen molar-refractivity contribution in [1.82, 2.24) is 9.13 Å². The maximum Gasteiger partial charge on any atom is 0.412 e. The lowest BCUT2D eigenvalue weighted by atomic mass is 10.2. The van der Waals surface area contributed by atoms with Crippen molar-refractivity contribution < 1.29 is 22.7 Å². The van der Waals surface area contributed by atoms with Crippen LogP contribution in [0.4, 0.5) is 23.7 Å². The Morgan fingerprint density at radius 1 is 1.30 bits per heavy atom. The van der Waals surface area contributed by atoms with Crippen molar-refractivity contribution in [3.63, 3.8) is 0 Å². The first kappa shape index (κ1) is 21.9. The van der Waals surface area contributed by atoms with E-state index in [1.165, 1.54) is 4.57 Å². The number of halogens is 3. The molecule has 0 bridgehead atoms. The maximum atomic E-state index is 14.6. The number of carbonyl (C=O) groups is 1. The van der Waals surface area contributed by atoms with Gasteiger partial charge in [-0.3, -0.25) is 19.2 Å². The smallest absolute Gasteiger partial charge is 0.412 e. The van der Waals surface area contributed by atoms with Crippen molar-refractivity contribution in [2.75, 3.05) is 5.32 Å². The Kier molecular flexibility index (Phi) is 5.24. The minimum Gasteiger partial charge on any atom is -0.444 e. The summed E-state index contributed by atoms with van der Waals surface area (Å²) in [7, 11) is 0. The molecule has 0 aliphatic heterocycles. The molecular weight excluding hydrogens is 403 g/mol. The molecule has 10 heteroatoms. The van der Waals surface area contributed by atoms with Gasteiger partial charge in [0.05, 0.1) is 16.6 Å². The first-order valence-corrected chi connectivity index (χ1v) is 9.57. The monoisotopic (exact) mass is 427 g/mol. The Morgan fingerprint density at radius 3 is 2.40 bits per heavy atom. The third-order valence-corrected chi connectivity index (χ3v) is 4.77. The van der Waals surface area contributed by atoms with Crippen LogP contribution < -0.4 is 16.6 Å². The predicted octanol–water partition coefficient (Wildman–Crippen LogP) is 3.89. The van der Waals surface area contributed by atoms with Crippen molar-refractivity contribution in [2.45, 2.75) is 65.1 Å². The van der Waals surface area contributed by atoms with Gasteiger partial charge >= 0.3 is 11.8 Å². The maximum absolute atomic E-state index is 14.6. The van der Waals surface area contributed by atoms with E-state index < -0.39 is 59.6 Å². The number of fused-ring (bicyclic) bond motifs is 1. The van der Waals surface area contributed by atoms with E-state index >= 15 is 0 Å². The van der Waals surface area contributed by atoms with Crippen LogP contribution in [0.15, 0.2) is 21.7 Å². The quantitative estimate of drug-likeness (QED) is 0.803. The average Bonchev–Trinajstić information content (AvgIpc) is 3.17. The molecule has 1 saturated carbocycles. The van der Waals surface area contributed by atoms with E-state index in [1.807, 2.05) is 0 Å². The number of anilines is 1. The minimum absolute atomic E-state index is 0.0195. The van der Waals surface area contributed by atoms with Crippen molar-refractivity contribution in [3.8, 4) is 0 Å². The first-order chi connectivity index (χ1) is 13.7. The predicted molar refractivity (Wildman–Crippen MR) is 106 cm³/mol. The van der Waals surface area contributed by atoms with Crippen LogP contribution >= 0.6 is 0 Å². The molecule has 7 nitrogen and oxygen atoms in total. The number of nitrogens with one attached hydrogen (secondary N) is 1. The molecule has 1 atom stereocenters. The number of hydrogen-bond donors (Lipinski definition) is 1. The van der Waals surface area contributed by atoms with Crippen molar-refractivity contribution in [3.05, 3.63) is 38.8 Å². The van der Waals surface area contributed by atoms with Crippen molar-refractivity contribution in [2.24, 2.45) is 5.92 Å². The van der Waals surface area contributed by atoms with Gasteiger partial charge in [0.1, 0.15) is 11.4 Å². The van der Waals surface area contributed by atoms with Gasteiger partial charge in [-0.05, 0) is 40.7 Å². The summed E-state index contributed by atoms with van der Waals surface area (Å²) in [6.45, 7) is 7.79. The fourth-order valence-corrected chi connectivity index (χ4v) is 3.26. The number of amides is 1. The Balaban J connectivity index is 2.14. The summed E-state index contributed by atoms with van der Waals surface area (Å²) in [5.41, 5.74) is -2.71. The van der Waals surface area contributed by atoms with Gasteiger partial charge in [-0.15, -0.1) is 0 Å². The van der Waals surface area contributed by atoms with E-state index in [1.54, 1.807) is 34.6 Å². The van der Waals surface area contributed by atoms with Gasteiger partial charge in [-0.25, -0.2) is 22.8 Å². The summed E-state index contributed by atoms with van der Waals surface area (Å²) in [5.74, 6) is -4.87. The standard InChI is InChI=1S/C20H24F3N3O4/c1-10(2)26-15-7-13(21)14(24-17(28)30-19(3,4)5)6-12(15)16(27)25(18(26)29)9-11-8-20(11,22)23/h6-7,10-11H,8-9H2,1-5H3,(H,24,28). The van der Waals surface area contributed by atoms with Gasteiger partial charge in [0.25, 0.3) is 11.5 Å². The van der Waals surface area contributed by atoms with E-state index in [2.05, 4.69) is 5.32 Å². The SMILES string of the molecule is CC(C)n1c(=O)n(CC2CC2(F)F)c(=O)c2cc(NC(=O)OC(C)(C)C)c(F)cc21. The molecule has 1 heterocycles. The van der Waals surface area contributed by atoms with E-state index in [0.717, 1.165) is 16.7 Å². The highest BCUT2D eigenvalue weighted by Crippen LogP contribution is 2.49. The number of aromatic nitrogens is 2. The van der Waals surface area contributed by atoms with Crippen LogP contribution in [0.1, 0.15) is 47.1 Å². The zero-order valence-electron chi connectivity index (χ0n) is 17.4. The Bertz CT molecular complexity index is 1130. The molecule has 1 aliphatic rings. The molecule has 30 heavy (non-hydrogen) atoms. The second-order valence-electron chi connectivity index (χ2n) is 8.80. The zero-order chi connectivity index (χ0) is 22.6. The molecule has 3 rings (SSSR count). The summed E-state index contributed by atoms with van der Waals surface area (Å²) >= 11 is 0. The number of rotatable bonds is 4. The summed E-state index contributed by atoms with van der Waals surface area (Å²) in [5, 5.41) is 2.17. The molecule has 1 fully saturated rings. The second kappa shape index (κ2) is 7.17. The molecule has 0 saturated heterocycles. The molecule has 1 N–H and O–H groups in total. The largest absolute Gasteiger partial charge is 0.444 e. The zero-order valence-corrected chi connectivity index (χ0v) is 17.4. The molecular formula is C20H24F3N3O4. The number of hydrogen-bond acceptors (Lipinski definition) is 4.